The molecule has 0 radical (unpaired) electrons. The summed E-state index contributed by atoms with van der Waals surface area (Å²) in [6, 6.07) is 6.03. The standard InChI is InChI=1S/C16H21N3/c1-3-5-14-13(6-7-15(17)16(14)18)12-8-9-19-10-11(12)4-2/h6-10H,3-5,17-18H2,1-2H3. The van der Waals surface area contributed by atoms with E-state index in [0.29, 0.717) is 5.69 Å². The number of hydrogen-bond acceptors (Lipinski definition) is 3. The predicted molar refractivity (Wildman–Crippen MR) is 81.9 cm³/mol. The summed E-state index contributed by atoms with van der Waals surface area (Å²) >= 11 is 0. The molecule has 1 aromatic heterocycles. The van der Waals surface area contributed by atoms with Crippen molar-refractivity contribution in [3.63, 3.8) is 0 Å². The van der Waals surface area contributed by atoms with Crippen molar-refractivity contribution in [1.82, 2.24) is 4.98 Å². The van der Waals surface area contributed by atoms with Crippen molar-refractivity contribution in [2.24, 2.45) is 0 Å². The van der Waals surface area contributed by atoms with E-state index in [1.165, 1.54) is 16.7 Å². The number of hydrogen-bond donors (Lipinski definition) is 2. The summed E-state index contributed by atoms with van der Waals surface area (Å²) < 4.78 is 0. The monoisotopic (exact) mass is 255 g/mol. The molecule has 0 unspecified atom stereocenters. The number of nitrogens with zero attached hydrogens (tertiary/aromatic N) is 1. The van der Waals surface area contributed by atoms with Crippen LogP contribution in [0.5, 0.6) is 0 Å². The molecule has 2 rings (SSSR count). The van der Waals surface area contributed by atoms with E-state index in [4.69, 9.17) is 11.5 Å². The number of rotatable bonds is 4. The number of aromatic nitrogens is 1. The Kier molecular flexibility index (Phi) is 4.05. The first-order valence-corrected chi connectivity index (χ1v) is 6.79. The first kappa shape index (κ1) is 13.4. The van der Waals surface area contributed by atoms with E-state index in [2.05, 4.69) is 31.0 Å². The minimum atomic E-state index is 0.666. The lowest BCUT2D eigenvalue weighted by Gasteiger charge is -2.16. The van der Waals surface area contributed by atoms with Crippen LogP contribution in [0.3, 0.4) is 0 Å². The van der Waals surface area contributed by atoms with Gasteiger partial charge in [-0.15, -0.1) is 0 Å². The molecule has 1 aromatic carbocycles. The van der Waals surface area contributed by atoms with Crippen molar-refractivity contribution in [3.05, 3.63) is 41.7 Å². The summed E-state index contributed by atoms with van der Waals surface area (Å²) in [6.07, 6.45) is 6.71. The molecule has 0 aliphatic carbocycles. The van der Waals surface area contributed by atoms with Crippen LogP contribution in [0.25, 0.3) is 11.1 Å². The zero-order chi connectivity index (χ0) is 13.8. The van der Waals surface area contributed by atoms with Crippen LogP contribution in [0.2, 0.25) is 0 Å². The van der Waals surface area contributed by atoms with Gasteiger partial charge in [-0.2, -0.15) is 0 Å². The second-order valence-corrected chi connectivity index (χ2v) is 4.73. The second kappa shape index (κ2) is 5.74. The average molecular weight is 255 g/mol. The Labute approximate surface area is 114 Å². The minimum absolute atomic E-state index is 0.666. The Morgan fingerprint density at radius 3 is 2.53 bits per heavy atom. The molecule has 0 saturated heterocycles. The van der Waals surface area contributed by atoms with Crippen molar-refractivity contribution in [3.8, 4) is 11.1 Å². The van der Waals surface area contributed by atoms with Crippen LogP contribution in [0.1, 0.15) is 31.4 Å². The number of aryl methyl sites for hydroxylation is 1. The van der Waals surface area contributed by atoms with Gasteiger partial charge >= 0.3 is 0 Å². The molecular weight excluding hydrogens is 234 g/mol. The maximum atomic E-state index is 6.16. The van der Waals surface area contributed by atoms with E-state index in [1.807, 2.05) is 18.5 Å². The fourth-order valence-electron chi connectivity index (χ4n) is 2.43. The summed E-state index contributed by atoms with van der Waals surface area (Å²) in [5, 5.41) is 0. The van der Waals surface area contributed by atoms with E-state index in [-0.39, 0.29) is 0 Å². The van der Waals surface area contributed by atoms with Gasteiger partial charge in [0.05, 0.1) is 11.4 Å². The Bertz CT molecular complexity index is 576. The summed E-state index contributed by atoms with van der Waals surface area (Å²) in [5.41, 5.74) is 18.3. The SMILES string of the molecule is CCCc1c(-c2ccncc2CC)ccc(N)c1N. The number of nitrogen functional groups attached to an aromatic ring is 2. The molecule has 0 amide bonds. The minimum Gasteiger partial charge on any atom is -0.397 e. The molecule has 0 atom stereocenters. The van der Waals surface area contributed by atoms with Crippen LogP contribution in [0, 0.1) is 0 Å². The molecule has 2 aromatic rings. The zero-order valence-corrected chi connectivity index (χ0v) is 11.6. The molecule has 0 bridgehead atoms. The van der Waals surface area contributed by atoms with Crippen LogP contribution < -0.4 is 11.5 Å². The molecule has 0 saturated carbocycles. The lowest BCUT2D eigenvalue weighted by molar-refractivity contribution is 0.925. The van der Waals surface area contributed by atoms with Gasteiger partial charge in [0.2, 0.25) is 0 Å². The molecular formula is C16H21N3. The van der Waals surface area contributed by atoms with Crippen LogP contribution >= 0.6 is 0 Å². The molecule has 0 aliphatic rings. The average Bonchev–Trinajstić information content (AvgIpc) is 2.44. The van der Waals surface area contributed by atoms with Gasteiger partial charge in [0.1, 0.15) is 0 Å². The summed E-state index contributed by atoms with van der Waals surface area (Å²) in [5.74, 6) is 0. The first-order valence-electron chi connectivity index (χ1n) is 6.79. The smallest absolute Gasteiger partial charge is 0.0586 e. The van der Waals surface area contributed by atoms with Crippen molar-refractivity contribution in [2.45, 2.75) is 33.1 Å². The normalized spacial score (nSPS) is 10.6. The van der Waals surface area contributed by atoms with Crippen LogP contribution in [-0.4, -0.2) is 4.98 Å². The molecule has 0 spiro atoms. The molecule has 0 fully saturated rings. The lowest BCUT2D eigenvalue weighted by atomic mass is 9.92. The Morgan fingerprint density at radius 1 is 1.05 bits per heavy atom. The van der Waals surface area contributed by atoms with E-state index in [9.17, 15) is 0 Å². The second-order valence-electron chi connectivity index (χ2n) is 4.73. The summed E-state index contributed by atoms with van der Waals surface area (Å²) in [4.78, 5) is 4.20. The fourth-order valence-corrected chi connectivity index (χ4v) is 2.43. The highest BCUT2D eigenvalue weighted by Crippen LogP contribution is 2.34. The summed E-state index contributed by atoms with van der Waals surface area (Å²) in [7, 11) is 0. The Morgan fingerprint density at radius 2 is 1.84 bits per heavy atom. The van der Waals surface area contributed by atoms with E-state index < -0.39 is 0 Å². The van der Waals surface area contributed by atoms with Gasteiger partial charge in [0, 0.05) is 12.4 Å². The Balaban J connectivity index is 2.64. The van der Waals surface area contributed by atoms with Crippen molar-refractivity contribution in [1.29, 1.82) is 0 Å². The van der Waals surface area contributed by atoms with Gasteiger partial charge in [0.15, 0.2) is 0 Å². The molecule has 19 heavy (non-hydrogen) atoms. The third kappa shape index (κ3) is 2.55. The lowest BCUT2D eigenvalue weighted by Crippen LogP contribution is -2.03. The molecule has 3 nitrogen and oxygen atoms in total. The molecule has 0 aliphatic heterocycles. The third-order valence-corrected chi connectivity index (χ3v) is 3.47. The number of anilines is 2. The van der Waals surface area contributed by atoms with Gasteiger partial charge in [-0.3, -0.25) is 4.98 Å². The molecule has 3 heteroatoms. The van der Waals surface area contributed by atoms with E-state index in [1.54, 1.807) is 0 Å². The van der Waals surface area contributed by atoms with Gasteiger partial charge < -0.3 is 11.5 Å². The molecule has 1 heterocycles. The topological polar surface area (TPSA) is 64.9 Å². The number of benzene rings is 1. The van der Waals surface area contributed by atoms with Crippen LogP contribution in [0.15, 0.2) is 30.6 Å². The van der Waals surface area contributed by atoms with Crippen molar-refractivity contribution < 1.29 is 0 Å². The van der Waals surface area contributed by atoms with E-state index >= 15 is 0 Å². The fraction of sp³-hybridized carbons (Fsp3) is 0.312. The Hall–Kier alpha value is -2.03. The van der Waals surface area contributed by atoms with Gasteiger partial charge in [-0.05, 0) is 47.2 Å². The van der Waals surface area contributed by atoms with Gasteiger partial charge in [-0.25, -0.2) is 0 Å². The van der Waals surface area contributed by atoms with Crippen LogP contribution in [-0.2, 0) is 12.8 Å². The van der Waals surface area contributed by atoms with Crippen molar-refractivity contribution in [2.75, 3.05) is 11.5 Å². The quantitative estimate of drug-likeness (QED) is 0.823. The van der Waals surface area contributed by atoms with Gasteiger partial charge in [-0.1, -0.05) is 26.3 Å². The van der Waals surface area contributed by atoms with Crippen molar-refractivity contribution >= 4 is 11.4 Å². The highest BCUT2D eigenvalue weighted by atomic mass is 14.7. The molecule has 4 N–H and O–H groups in total. The van der Waals surface area contributed by atoms with Gasteiger partial charge in [0.25, 0.3) is 0 Å². The predicted octanol–water partition coefficient (Wildman–Crippen LogP) is 3.43. The number of nitrogens with two attached hydrogens (primary N) is 2. The maximum Gasteiger partial charge on any atom is 0.0586 e. The third-order valence-electron chi connectivity index (χ3n) is 3.47. The largest absolute Gasteiger partial charge is 0.397 e. The zero-order valence-electron chi connectivity index (χ0n) is 11.6. The highest BCUT2D eigenvalue weighted by Gasteiger charge is 2.12. The number of pyridine rings is 1. The summed E-state index contributed by atoms with van der Waals surface area (Å²) in [6.45, 7) is 4.29. The highest BCUT2D eigenvalue weighted by molar-refractivity contribution is 5.81. The maximum absolute atomic E-state index is 6.16. The first-order chi connectivity index (χ1) is 9.19. The van der Waals surface area contributed by atoms with Crippen LogP contribution in [0.4, 0.5) is 11.4 Å². The van der Waals surface area contributed by atoms with E-state index in [0.717, 1.165) is 30.5 Å². The molecule has 100 valence electrons.